The Morgan fingerprint density at radius 2 is 0.468 bits per heavy atom. The molecule has 7 heteroatoms. The maximum atomic E-state index is 2.63. The molecule has 0 N–H and O–H groups in total. The highest BCUT2D eigenvalue weighted by Crippen LogP contribution is 2.51. The van der Waals surface area contributed by atoms with Crippen LogP contribution in [0, 0.1) is 0 Å². The lowest BCUT2D eigenvalue weighted by molar-refractivity contribution is 1.15. The third kappa shape index (κ3) is 10.0. The van der Waals surface area contributed by atoms with E-state index < -0.39 is 0 Å². The Kier molecular flexibility index (Phi) is 14.3. The standard InChI is InChI=1S/C102H67BN6/c1-6-28-68(29-7-1)72-58-73(69-30-8-2-9-31-69)61-81(60-72)108-98-64-79(104(76-36-14-5-15-37-76)77-50-52-78(53-51-77)105-92-44-22-16-38-84(92)85-39-17-23-45-93(85)105)54-56-90(98)103-91-57-55-80(106-94-46-24-18-40-86(94)87-41-19-25-47-95(87)106)65-99(91)109(82-62-74(70-32-10-3-11-33-70)59-75(63-82)71-34-12-4-13-35-71)101-67-83(66-100(108)102(101)103)107-96-48-26-20-42-88(96)89-43-21-27-49-97(89)107/h1-67H. The van der Waals surface area contributed by atoms with E-state index in [2.05, 4.69) is 435 Å². The van der Waals surface area contributed by atoms with Crippen molar-refractivity contribution in [2.75, 3.05) is 14.7 Å². The number of aromatic nitrogens is 3. The van der Waals surface area contributed by atoms with Crippen molar-refractivity contribution in [1.29, 1.82) is 0 Å². The molecule has 0 bridgehead atoms. The van der Waals surface area contributed by atoms with Gasteiger partial charge >= 0.3 is 0 Å². The van der Waals surface area contributed by atoms with E-state index in [9.17, 15) is 0 Å². The maximum absolute atomic E-state index is 2.63. The van der Waals surface area contributed by atoms with Gasteiger partial charge in [-0.3, -0.25) is 0 Å². The molecule has 3 aromatic heterocycles. The minimum atomic E-state index is -0.275. The third-order valence-corrected chi connectivity index (χ3v) is 22.7. The summed E-state index contributed by atoms with van der Waals surface area (Å²) < 4.78 is 7.41. The second-order valence-corrected chi connectivity index (χ2v) is 28.8. The summed E-state index contributed by atoms with van der Waals surface area (Å²) in [4.78, 5) is 7.70. The van der Waals surface area contributed by atoms with Crippen LogP contribution in [-0.2, 0) is 0 Å². The Hall–Kier alpha value is -14.4. The van der Waals surface area contributed by atoms with Gasteiger partial charge in [-0.15, -0.1) is 0 Å². The van der Waals surface area contributed by atoms with Gasteiger partial charge in [-0.1, -0.05) is 261 Å². The number of anilines is 9. The van der Waals surface area contributed by atoms with Crippen LogP contribution in [0.4, 0.5) is 51.2 Å². The van der Waals surface area contributed by atoms with Gasteiger partial charge in [-0.2, -0.15) is 0 Å². The van der Waals surface area contributed by atoms with Crippen molar-refractivity contribution in [1.82, 2.24) is 13.7 Å². The molecule has 22 rings (SSSR count). The molecular formula is C102H67BN6. The number of hydrogen-bond acceptors (Lipinski definition) is 3. The topological polar surface area (TPSA) is 24.5 Å². The average molecular weight is 1390 g/mol. The van der Waals surface area contributed by atoms with Crippen LogP contribution in [0.15, 0.2) is 406 Å². The first-order valence-electron chi connectivity index (χ1n) is 37.6. The number of nitrogens with zero attached hydrogens (tertiary/aromatic N) is 6. The zero-order valence-corrected chi connectivity index (χ0v) is 59.4. The molecule has 109 heavy (non-hydrogen) atoms. The van der Waals surface area contributed by atoms with E-state index in [4.69, 9.17) is 0 Å². The molecule has 0 atom stereocenters. The van der Waals surface area contributed by atoms with E-state index in [1.807, 2.05) is 0 Å². The van der Waals surface area contributed by atoms with Gasteiger partial charge in [0.1, 0.15) is 0 Å². The third-order valence-electron chi connectivity index (χ3n) is 22.7. The van der Waals surface area contributed by atoms with E-state index in [1.165, 1.54) is 59.7 Å². The Bertz CT molecular complexity index is 6710. The molecular weight excluding hydrogens is 1320 g/mol. The lowest BCUT2D eigenvalue weighted by Gasteiger charge is -2.45. The molecule has 0 spiro atoms. The zero-order valence-electron chi connectivity index (χ0n) is 59.4. The van der Waals surface area contributed by atoms with E-state index in [1.54, 1.807) is 0 Å². The summed E-state index contributed by atoms with van der Waals surface area (Å²) >= 11 is 0. The summed E-state index contributed by atoms with van der Waals surface area (Å²) in [6.45, 7) is -0.275. The number of para-hydroxylation sites is 7. The highest BCUT2D eigenvalue weighted by Gasteiger charge is 2.45. The molecule has 0 saturated heterocycles. The molecule has 0 unspecified atom stereocenters. The largest absolute Gasteiger partial charge is 0.311 e. The van der Waals surface area contributed by atoms with Crippen LogP contribution in [-0.4, -0.2) is 20.4 Å². The van der Waals surface area contributed by atoms with Crippen molar-refractivity contribution in [3.63, 3.8) is 0 Å². The van der Waals surface area contributed by atoms with Crippen LogP contribution in [0.1, 0.15) is 0 Å². The summed E-state index contributed by atoms with van der Waals surface area (Å²) in [5.41, 5.74) is 32.3. The van der Waals surface area contributed by atoms with E-state index in [0.717, 1.165) is 135 Å². The number of hydrogen-bond donors (Lipinski definition) is 0. The molecule has 2 aliphatic rings. The van der Waals surface area contributed by atoms with E-state index >= 15 is 0 Å². The number of fused-ring (bicyclic) bond motifs is 13. The van der Waals surface area contributed by atoms with Gasteiger partial charge < -0.3 is 28.4 Å². The van der Waals surface area contributed by atoms with Crippen molar-refractivity contribution >= 4 is 140 Å². The van der Waals surface area contributed by atoms with Gasteiger partial charge in [-0.25, -0.2) is 0 Å². The molecule has 17 aromatic carbocycles. The average Bonchev–Trinajstić information content (AvgIpc) is 1.64. The quantitative estimate of drug-likeness (QED) is 0.114. The molecule has 0 radical (unpaired) electrons. The van der Waals surface area contributed by atoms with Gasteiger partial charge in [0.25, 0.3) is 6.71 Å². The fourth-order valence-corrected chi connectivity index (χ4v) is 18.0. The lowest BCUT2D eigenvalue weighted by atomic mass is 9.33. The van der Waals surface area contributed by atoms with Gasteiger partial charge in [0.05, 0.1) is 38.8 Å². The summed E-state index contributed by atoms with van der Waals surface area (Å²) in [7, 11) is 0. The van der Waals surface area contributed by atoms with Gasteiger partial charge in [-0.05, 0) is 206 Å². The molecule has 0 amide bonds. The minimum absolute atomic E-state index is 0.275. The predicted octanol–water partition coefficient (Wildman–Crippen LogP) is 25.2. The predicted molar refractivity (Wildman–Crippen MR) is 460 cm³/mol. The van der Waals surface area contributed by atoms with E-state index in [0.29, 0.717) is 0 Å². The van der Waals surface area contributed by atoms with Gasteiger partial charge in [0.2, 0.25) is 0 Å². The van der Waals surface area contributed by atoms with Gasteiger partial charge in [0.15, 0.2) is 0 Å². The Labute approximate surface area is 632 Å². The van der Waals surface area contributed by atoms with Crippen LogP contribution >= 0.6 is 0 Å². The van der Waals surface area contributed by atoms with Crippen LogP contribution in [0.25, 0.3) is 127 Å². The van der Waals surface area contributed by atoms with Crippen molar-refractivity contribution < 1.29 is 0 Å². The van der Waals surface area contributed by atoms with Gasteiger partial charge in [0, 0.05) is 94.9 Å². The number of benzene rings is 17. The molecule has 5 heterocycles. The van der Waals surface area contributed by atoms with Crippen molar-refractivity contribution in [3.8, 4) is 61.6 Å². The normalized spacial score (nSPS) is 12.3. The zero-order chi connectivity index (χ0) is 71.6. The van der Waals surface area contributed by atoms with Crippen LogP contribution in [0.3, 0.4) is 0 Å². The van der Waals surface area contributed by atoms with Crippen molar-refractivity contribution in [2.24, 2.45) is 0 Å². The SMILES string of the molecule is c1ccc(-c2cc(-c3ccccc3)cc(N3c4cc(N(c5ccccc5)c5ccc(-n6c7ccccc7c7ccccc76)cc5)ccc4B4c5ccc(-n6c7ccccc7c7ccccc76)cc5N(c5cc(-c6ccccc6)cc(-c6ccccc6)c5)c5cc(-n6c7ccccc7c7ccccc76)cc3c54)c2)cc1. The summed E-state index contributed by atoms with van der Waals surface area (Å²) in [6, 6.07) is 151. The monoisotopic (exact) mass is 1390 g/mol. The van der Waals surface area contributed by atoms with Crippen LogP contribution < -0.4 is 31.1 Å². The fraction of sp³-hybridized carbons (Fsp3) is 0. The highest BCUT2D eigenvalue weighted by molar-refractivity contribution is 7.00. The fourth-order valence-electron chi connectivity index (χ4n) is 18.0. The second kappa shape index (κ2) is 25.2. The summed E-state index contributed by atoms with van der Waals surface area (Å²) in [5.74, 6) is 0. The Morgan fingerprint density at radius 3 is 0.853 bits per heavy atom. The van der Waals surface area contributed by atoms with Crippen LogP contribution in [0.5, 0.6) is 0 Å². The number of rotatable bonds is 12. The molecule has 508 valence electrons. The smallest absolute Gasteiger partial charge is 0.252 e. The van der Waals surface area contributed by atoms with Crippen molar-refractivity contribution in [3.05, 3.63) is 406 Å². The van der Waals surface area contributed by atoms with Crippen molar-refractivity contribution in [2.45, 2.75) is 0 Å². The first-order chi connectivity index (χ1) is 54.1. The molecule has 0 aliphatic carbocycles. The second-order valence-electron chi connectivity index (χ2n) is 28.8. The molecule has 20 aromatic rings. The first-order valence-corrected chi connectivity index (χ1v) is 37.6. The molecule has 2 aliphatic heterocycles. The van der Waals surface area contributed by atoms with Crippen LogP contribution in [0.2, 0.25) is 0 Å². The summed E-state index contributed by atoms with van der Waals surface area (Å²) in [5, 5.41) is 7.30. The Balaban J connectivity index is 0.863. The first kappa shape index (κ1) is 62.0. The highest BCUT2D eigenvalue weighted by atomic mass is 15.2. The van der Waals surface area contributed by atoms with E-state index in [-0.39, 0.29) is 6.71 Å². The molecule has 0 saturated carbocycles. The molecule has 6 nitrogen and oxygen atoms in total. The molecule has 0 fully saturated rings. The maximum Gasteiger partial charge on any atom is 0.252 e. The minimum Gasteiger partial charge on any atom is -0.311 e. The summed E-state index contributed by atoms with van der Waals surface area (Å²) in [6.07, 6.45) is 0. The lowest BCUT2D eigenvalue weighted by Crippen LogP contribution is -2.61. The Morgan fingerprint density at radius 1 is 0.183 bits per heavy atom.